The van der Waals surface area contributed by atoms with Gasteiger partial charge < -0.3 is 4.74 Å². The summed E-state index contributed by atoms with van der Waals surface area (Å²) in [5.74, 6) is 0.468. The largest absolute Gasteiger partial charge is 0.489 e. The molecule has 0 unspecified atom stereocenters. The Labute approximate surface area is 157 Å². The second-order valence-corrected chi connectivity index (χ2v) is 5.99. The summed E-state index contributed by atoms with van der Waals surface area (Å²) in [6.45, 7) is 0.447. The van der Waals surface area contributed by atoms with E-state index in [0.717, 1.165) is 16.9 Å². The fraction of sp³-hybridized carbons (Fsp3) is 0.0476. The number of rotatable bonds is 6. The molecule has 3 aromatic carbocycles. The number of nitrogens with zero attached hydrogens (tertiary/aromatic N) is 1. The maximum Gasteiger partial charge on any atom is 0.271 e. The van der Waals surface area contributed by atoms with Crippen molar-refractivity contribution in [2.75, 3.05) is 0 Å². The molecule has 4 nitrogen and oxygen atoms in total. The van der Waals surface area contributed by atoms with Gasteiger partial charge in [-0.3, -0.25) is 4.79 Å². The lowest BCUT2D eigenvalue weighted by Gasteiger charge is -2.07. The van der Waals surface area contributed by atoms with Crippen LogP contribution in [-0.2, 0) is 6.61 Å². The van der Waals surface area contributed by atoms with E-state index in [2.05, 4.69) is 10.5 Å². The van der Waals surface area contributed by atoms with Gasteiger partial charge in [-0.25, -0.2) is 5.43 Å². The first kappa shape index (κ1) is 17.7. The predicted octanol–water partition coefficient (Wildman–Crippen LogP) is 4.68. The third-order valence-corrected chi connectivity index (χ3v) is 3.84. The summed E-state index contributed by atoms with van der Waals surface area (Å²) in [6, 6.07) is 23.9. The van der Waals surface area contributed by atoms with Gasteiger partial charge in [0.2, 0.25) is 0 Å². The van der Waals surface area contributed by atoms with Crippen LogP contribution in [-0.4, -0.2) is 12.1 Å². The molecule has 0 aromatic heterocycles. The molecule has 0 aliphatic rings. The molecule has 0 aliphatic heterocycles. The van der Waals surface area contributed by atoms with Crippen LogP contribution in [0.25, 0.3) is 0 Å². The fourth-order valence-corrected chi connectivity index (χ4v) is 2.38. The molecule has 26 heavy (non-hydrogen) atoms. The Morgan fingerprint density at radius 1 is 1.00 bits per heavy atom. The number of hydrogen-bond acceptors (Lipinski definition) is 3. The number of halogens is 1. The molecule has 0 bridgehead atoms. The quantitative estimate of drug-likeness (QED) is 0.510. The van der Waals surface area contributed by atoms with Crippen LogP contribution in [0.15, 0.2) is 84.0 Å². The summed E-state index contributed by atoms with van der Waals surface area (Å²) in [7, 11) is 0. The van der Waals surface area contributed by atoms with Gasteiger partial charge in [0.1, 0.15) is 12.4 Å². The van der Waals surface area contributed by atoms with E-state index in [1.807, 2.05) is 54.6 Å². The van der Waals surface area contributed by atoms with Gasteiger partial charge in [-0.2, -0.15) is 5.10 Å². The van der Waals surface area contributed by atoms with Gasteiger partial charge in [-0.1, -0.05) is 54.1 Å². The minimum atomic E-state index is -0.253. The third-order valence-electron chi connectivity index (χ3n) is 3.59. The maximum atomic E-state index is 11.9. The molecule has 3 aromatic rings. The van der Waals surface area contributed by atoms with E-state index >= 15 is 0 Å². The number of amides is 1. The van der Waals surface area contributed by atoms with Crippen molar-refractivity contribution in [3.63, 3.8) is 0 Å². The number of nitrogens with one attached hydrogen (secondary N) is 1. The number of ether oxygens (including phenoxy) is 1. The Morgan fingerprint density at radius 3 is 2.54 bits per heavy atom. The molecular weight excluding hydrogens is 348 g/mol. The molecule has 0 atom stereocenters. The molecule has 0 saturated heterocycles. The van der Waals surface area contributed by atoms with E-state index in [0.29, 0.717) is 17.2 Å². The smallest absolute Gasteiger partial charge is 0.271 e. The molecule has 0 heterocycles. The van der Waals surface area contributed by atoms with E-state index in [1.165, 1.54) is 0 Å². The number of carbonyl (C=O) groups excluding carboxylic acids is 1. The summed E-state index contributed by atoms with van der Waals surface area (Å²) < 4.78 is 5.78. The van der Waals surface area contributed by atoms with Crippen molar-refractivity contribution >= 4 is 23.7 Å². The number of carbonyl (C=O) groups is 1. The van der Waals surface area contributed by atoms with Crippen LogP contribution < -0.4 is 10.2 Å². The zero-order chi connectivity index (χ0) is 18.2. The van der Waals surface area contributed by atoms with E-state index in [4.69, 9.17) is 16.3 Å². The highest BCUT2D eigenvalue weighted by atomic mass is 35.5. The zero-order valence-corrected chi connectivity index (χ0v) is 14.7. The molecular formula is C21H17ClN2O2. The summed E-state index contributed by atoms with van der Waals surface area (Å²) in [5.41, 5.74) is 4.92. The highest BCUT2D eigenvalue weighted by Crippen LogP contribution is 2.15. The van der Waals surface area contributed by atoms with Crippen LogP contribution in [0.3, 0.4) is 0 Å². The molecule has 1 amide bonds. The molecule has 130 valence electrons. The average molecular weight is 365 g/mol. The predicted molar refractivity (Wildman–Crippen MR) is 104 cm³/mol. The average Bonchev–Trinajstić information content (AvgIpc) is 2.68. The van der Waals surface area contributed by atoms with Crippen LogP contribution in [0.5, 0.6) is 5.75 Å². The standard InChI is InChI=1S/C21H17ClN2O2/c22-19-11-9-16(10-12-19)15-26-20-8-4-5-17(13-20)14-23-24-21(25)18-6-2-1-3-7-18/h1-14H,15H2,(H,24,25)/b23-14+. The minimum Gasteiger partial charge on any atom is -0.489 e. The van der Waals surface area contributed by atoms with Gasteiger partial charge in [0, 0.05) is 10.6 Å². The first-order valence-corrected chi connectivity index (χ1v) is 8.44. The monoisotopic (exact) mass is 364 g/mol. The fourth-order valence-electron chi connectivity index (χ4n) is 2.25. The molecule has 0 saturated carbocycles. The topological polar surface area (TPSA) is 50.7 Å². The van der Waals surface area contributed by atoms with E-state index < -0.39 is 0 Å². The number of hydrogen-bond donors (Lipinski definition) is 1. The summed E-state index contributed by atoms with van der Waals surface area (Å²) in [6.07, 6.45) is 1.58. The Morgan fingerprint density at radius 2 is 1.77 bits per heavy atom. The summed E-state index contributed by atoms with van der Waals surface area (Å²) >= 11 is 5.87. The minimum absolute atomic E-state index is 0.253. The Hall–Kier alpha value is -3.11. The van der Waals surface area contributed by atoms with E-state index in [1.54, 1.807) is 30.5 Å². The van der Waals surface area contributed by atoms with Crippen LogP contribution in [0.1, 0.15) is 21.5 Å². The Bertz CT molecular complexity index is 893. The highest BCUT2D eigenvalue weighted by Gasteiger charge is 2.02. The van der Waals surface area contributed by atoms with Crippen molar-refractivity contribution in [3.05, 3.63) is 101 Å². The van der Waals surface area contributed by atoms with E-state index in [-0.39, 0.29) is 5.91 Å². The van der Waals surface area contributed by atoms with Gasteiger partial charge >= 0.3 is 0 Å². The van der Waals surface area contributed by atoms with Crippen molar-refractivity contribution in [1.29, 1.82) is 0 Å². The molecule has 1 N–H and O–H groups in total. The van der Waals surface area contributed by atoms with Crippen molar-refractivity contribution in [2.24, 2.45) is 5.10 Å². The van der Waals surface area contributed by atoms with Crippen molar-refractivity contribution in [3.8, 4) is 5.75 Å². The van der Waals surface area contributed by atoms with Crippen LogP contribution in [0.4, 0.5) is 0 Å². The highest BCUT2D eigenvalue weighted by molar-refractivity contribution is 6.30. The maximum absolute atomic E-state index is 11.9. The third kappa shape index (κ3) is 5.19. The zero-order valence-electron chi connectivity index (χ0n) is 13.9. The van der Waals surface area contributed by atoms with Crippen molar-refractivity contribution in [1.82, 2.24) is 5.43 Å². The first-order chi connectivity index (χ1) is 12.7. The van der Waals surface area contributed by atoms with Crippen LogP contribution >= 0.6 is 11.6 Å². The van der Waals surface area contributed by atoms with Gasteiger partial charge in [0.25, 0.3) is 5.91 Å². The summed E-state index contributed by atoms with van der Waals surface area (Å²) in [5, 5.41) is 4.69. The lowest BCUT2D eigenvalue weighted by Crippen LogP contribution is -2.17. The lowest BCUT2D eigenvalue weighted by atomic mass is 10.2. The number of benzene rings is 3. The van der Waals surface area contributed by atoms with Gasteiger partial charge in [0.05, 0.1) is 6.21 Å². The SMILES string of the molecule is O=C(N/N=C/c1cccc(OCc2ccc(Cl)cc2)c1)c1ccccc1. The first-order valence-electron chi connectivity index (χ1n) is 8.06. The van der Waals surface area contributed by atoms with Crippen LogP contribution in [0, 0.1) is 0 Å². The molecule has 0 aliphatic carbocycles. The summed E-state index contributed by atoms with van der Waals surface area (Å²) in [4.78, 5) is 11.9. The molecule has 0 fully saturated rings. The van der Waals surface area contributed by atoms with Crippen molar-refractivity contribution < 1.29 is 9.53 Å². The normalized spacial score (nSPS) is 10.7. The van der Waals surface area contributed by atoms with Gasteiger partial charge in [-0.05, 0) is 47.5 Å². The molecule has 5 heteroatoms. The Kier molecular flexibility index (Phi) is 6.01. The number of hydrazone groups is 1. The second-order valence-electron chi connectivity index (χ2n) is 5.55. The van der Waals surface area contributed by atoms with Crippen molar-refractivity contribution in [2.45, 2.75) is 6.61 Å². The second kappa shape index (κ2) is 8.83. The lowest BCUT2D eigenvalue weighted by molar-refractivity contribution is 0.0955. The van der Waals surface area contributed by atoms with Crippen LogP contribution in [0.2, 0.25) is 5.02 Å². The van der Waals surface area contributed by atoms with Gasteiger partial charge in [-0.15, -0.1) is 0 Å². The molecule has 0 spiro atoms. The molecule has 3 rings (SSSR count). The van der Waals surface area contributed by atoms with E-state index in [9.17, 15) is 4.79 Å². The Balaban J connectivity index is 1.56. The van der Waals surface area contributed by atoms with Gasteiger partial charge in [0.15, 0.2) is 0 Å². The molecule has 0 radical (unpaired) electrons.